The van der Waals surface area contributed by atoms with Crippen molar-refractivity contribution in [2.45, 2.75) is 62.4 Å². The summed E-state index contributed by atoms with van der Waals surface area (Å²) >= 11 is 0. The largest absolute Gasteiger partial charge is 0.310 e. The van der Waals surface area contributed by atoms with E-state index < -0.39 is 22.0 Å². The molecule has 7 nitrogen and oxygen atoms in total. The summed E-state index contributed by atoms with van der Waals surface area (Å²) in [6.45, 7) is 0.689. The van der Waals surface area contributed by atoms with Gasteiger partial charge in [0.1, 0.15) is 6.04 Å². The third kappa shape index (κ3) is 4.97. The Labute approximate surface area is 167 Å². The van der Waals surface area contributed by atoms with Gasteiger partial charge in [0.15, 0.2) is 10.8 Å². The van der Waals surface area contributed by atoms with Gasteiger partial charge in [-0.05, 0) is 43.9 Å². The summed E-state index contributed by atoms with van der Waals surface area (Å²) < 4.78 is 27.2. The Kier molecular flexibility index (Phi) is 7.18. The van der Waals surface area contributed by atoms with Crippen molar-refractivity contribution in [3.63, 3.8) is 0 Å². The summed E-state index contributed by atoms with van der Waals surface area (Å²) in [7, 11) is -4.21. The number of aromatic nitrogens is 1. The zero-order valence-corrected chi connectivity index (χ0v) is 16.9. The van der Waals surface area contributed by atoms with Gasteiger partial charge < -0.3 is 5.32 Å². The van der Waals surface area contributed by atoms with Gasteiger partial charge in [-0.1, -0.05) is 38.2 Å². The lowest BCUT2D eigenvalue weighted by Crippen LogP contribution is -2.50. The van der Waals surface area contributed by atoms with Gasteiger partial charge in [0.25, 0.3) is 10.0 Å². The number of Topliss-reactive ketones (excluding diaryl/α,β-unsaturated/α-hetero) is 1. The van der Waals surface area contributed by atoms with E-state index in [2.05, 4.69) is 10.3 Å². The smallest absolute Gasteiger partial charge is 0.284 e. The van der Waals surface area contributed by atoms with Crippen molar-refractivity contribution in [3.8, 4) is 0 Å². The number of carbonyl (C=O) groups is 2. The maximum Gasteiger partial charge on any atom is 0.284 e. The minimum absolute atomic E-state index is 0.0643. The van der Waals surface area contributed by atoms with Crippen LogP contribution in [-0.2, 0) is 19.6 Å². The highest BCUT2D eigenvalue weighted by molar-refractivity contribution is 7.89. The van der Waals surface area contributed by atoms with Gasteiger partial charge in [0.05, 0.1) is 13.0 Å². The number of amides is 1. The van der Waals surface area contributed by atoms with E-state index in [1.54, 1.807) is 12.1 Å². The Balaban J connectivity index is 1.85. The first-order valence-electron chi connectivity index (χ1n) is 10.1. The molecule has 1 aromatic heterocycles. The maximum absolute atomic E-state index is 13.2. The molecule has 1 saturated carbocycles. The van der Waals surface area contributed by atoms with Crippen molar-refractivity contribution < 1.29 is 18.0 Å². The van der Waals surface area contributed by atoms with Crippen LogP contribution in [0.15, 0.2) is 29.4 Å². The second-order valence-corrected chi connectivity index (χ2v) is 9.31. The molecular formula is C20H28N3O4S. The van der Waals surface area contributed by atoms with Gasteiger partial charge >= 0.3 is 0 Å². The molecule has 1 aliphatic heterocycles. The summed E-state index contributed by atoms with van der Waals surface area (Å²) in [5, 5.41) is 2.78. The van der Waals surface area contributed by atoms with Crippen LogP contribution < -0.4 is 5.32 Å². The molecule has 153 valence electrons. The summed E-state index contributed by atoms with van der Waals surface area (Å²) in [6, 6.07) is 3.54. The topological polar surface area (TPSA) is 96.4 Å². The van der Waals surface area contributed by atoms with E-state index in [1.807, 2.05) is 0 Å². The molecule has 1 aromatic rings. The molecule has 2 aliphatic rings. The molecule has 0 unspecified atom stereocenters. The van der Waals surface area contributed by atoms with Gasteiger partial charge in [0.2, 0.25) is 5.91 Å². The summed E-state index contributed by atoms with van der Waals surface area (Å²) in [5.74, 6) is -0.489. The first-order chi connectivity index (χ1) is 13.5. The van der Waals surface area contributed by atoms with Gasteiger partial charge in [-0.3, -0.25) is 9.59 Å². The number of carbonyl (C=O) groups excluding carboxylic acids is 2. The molecule has 1 aliphatic carbocycles. The SMILES string of the molecule is O=C1CNCCC[C@@H]1N(C(=O)[CH]CC1CCCCC1)S(=O)(=O)c1ccccn1. The standard InChI is InChI=1S/C20H28N3O4S/c24-18-15-21-13-6-9-17(18)23(28(26,27)19-10-4-5-14-22-19)20(25)12-11-16-7-2-1-3-8-16/h4-5,10,12,14,16-17,21H,1-3,6-9,11,13,15H2/t17-/m0/s1. The predicted octanol–water partition coefficient (Wildman–Crippen LogP) is 2.09. The number of rotatable bonds is 6. The summed E-state index contributed by atoms with van der Waals surface area (Å²) in [4.78, 5) is 29.6. The predicted molar refractivity (Wildman–Crippen MR) is 105 cm³/mol. The van der Waals surface area contributed by atoms with E-state index in [0.29, 0.717) is 31.7 Å². The van der Waals surface area contributed by atoms with Gasteiger partial charge in [-0.2, -0.15) is 8.42 Å². The van der Waals surface area contributed by atoms with Crippen LogP contribution in [0.1, 0.15) is 51.4 Å². The Morgan fingerprint density at radius 1 is 1.18 bits per heavy atom. The molecule has 2 fully saturated rings. The molecule has 1 saturated heterocycles. The average molecular weight is 407 g/mol. The number of sulfonamides is 1. The normalized spacial score (nSPS) is 21.9. The fraction of sp³-hybridized carbons (Fsp3) is 0.600. The molecule has 0 bridgehead atoms. The molecule has 1 N–H and O–H groups in total. The van der Waals surface area contributed by atoms with Gasteiger partial charge in [-0.25, -0.2) is 9.29 Å². The monoisotopic (exact) mass is 406 g/mol. The van der Waals surface area contributed by atoms with Crippen molar-refractivity contribution >= 4 is 21.7 Å². The first kappa shape index (κ1) is 20.9. The first-order valence-corrected chi connectivity index (χ1v) is 11.5. The molecule has 0 aromatic carbocycles. The highest BCUT2D eigenvalue weighted by Crippen LogP contribution is 2.28. The van der Waals surface area contributed by atoms with E-state index in [-0.39, 0.29) is 17.4 Å². The summed E-state index contributed by atoms with van der Waals surface area (Å²) in [5.41, 5.74) is 0. The molecule has 1 atom stereocenters. The van der Waals surface area contributed by atoms with Crippen LogP contribution in [0.5, 0.6) is 0 Å². The van der Waals surface area contributed by atoms with Crippen molar-refractivity contribution in [3.05, 3.63) is 30.8 Å². The fourth-order valence-electron chi connectivity index (χ4n) is 3.98. The third-order valence-electron chi connectivity index (χ3n) is 5.51. The Morgan fingerprint density at radius 3 is 2.68 bits per heavy atom. The summed E-state index contributed by atoms with van der Waals surface area (Å²) in [6.07, 6.45) is 9.96. The molecule has 28 heavy (non-hydrogen) atoms. The Hall–Kier alpha value is -1.80. The van der Waals surface area contributed by atoms with Crippen molar-refractivity contribution in [1.82, 2.24) is 14.6 Å². The molecule has 1 radical (unpaired) electrons. The van der Waals surface area contributed by atoms with E-state index in [9.17, 15) is 18.0 Å². The second kappa shape index (κ2) is 9.60. The van der Waals surface area contributed by atoms with Crippen molar-refractivity contribution in [1.29, 1.82) is 0 Å². The van der Waals surface area contributed by atoms with Crippen LogP contribution in [0.25, 0.3) is 0 Å². The van der Waals surface area contributed by atoms with Crippen molar-refractivity contribution in [2.24, 2.45) is 5.92 Å². The van der Waals surface area contributed by atoms with E-state index in [1.165, 1.54) is 25.1 Å². The third-order valence-corrected chi connectivity index (χ3v) is 7.24. The van der Waals surface area contributed by atoms with E-state index >= 15 is 0 Å². The van der Waals surface area contributed by atoms with Crippen LogP contribution in [0, 0.1) is 12.3 Å². The Bertz CT molecular complexity index is 776. The molecule has 8 heteroatoms. The fourth-order valence-corrected chi connectivity index (χ4v) is 5.49. The number of nitrogens with one attached hydrogen (secondary N) is 1. The minimum Gasteiger partial charge on any atom is -0.310 e. The molecule has 0 spiro atoms. The van der Waals surface area contributed by atoms with Crippen LogP contribution in [0.4, 0.5) is 0 Å². The molecule has 1 amide bonds. The number of ketones is 1. The van der Waals surface area contributed by atoms with Gasteiger partial charge in [0, 0.05) is 6.20 Å². The van der Waals surface area contributed by atoms with Crippen LogP contribution in [0.3, 0.4) is 0 Å². The molecule has 3 rings (SSSR count). The number of hydrogen-bond donors (Lipinski definition) is 1. The van der Waals surface area contributed by atoms with E-state index in [0.717, 1.165) is 30.0 Å². The molecular weight excluding hydrogens is 378 g/mol. The zero-order valence-electron chi connectivity index (χ0n) is 16.0. The molecule has 2 heterocycles. The highest BCUT2D eigenvalue weighted by Gasteiger charge is 2.40. The van der Waals surface area contributed by atoms with Crippen LogP contribution >= 0.6 is 0 Å². The zero-order chi connectivity index (χ0) is 20.0. The van der Waals surface area contributed by atoms with Crippen LogP contribution in [-0.4, -0.2) is 48.5 Å². The highest BCUT2D eigenvalue weighted by atomic mass is 32.2. The minimum atomic E-state index is -4.21. The number of hydrogen-bond acceptors (Lipinski definition) is 6. The Morgan fingerprint density at radius 2 is 1.96 bits per heavy atom. The lowest BCUT2D eigenvalue weighted by atomic mass is 9.86. The maximum atomic E-state index is 13.2. The lowest BCUT2D eigenvalue weighted by molar-refractivity contribution is -0.131. The second-order valence-electron chi connectivity index (χ2n) is 7.55. The quantitative estimate of drug-likeness (QED) is 0.777. The average Bonchev–Trinajstić information content (AvgIpc) is 2.92. The number of nitrogens with zero attached hydrogens (tertiary/aromatic N) is 2. The van der Waals surface area contributed by atoms with Crippen molar-refractivity contribution in [2.75, 3.05) is 13.1 Å². The van der Waals surface area contributed by atoms with E-state index in [4.69, 9.17) is 0 Å². The van der Waals surface area contributed by atoms with Gasteiger partial charge in [-0.15, -0.1) is 0 Å². The van der Waals surface area contributed by atoms with Crippen LogP contribution in [0.2, 0.25) is 0 Å². The lowest BCUT2D eigenvalue weighted by Gasteiger charge is -2.29. The number of pyridine rings is 1.